The van der Waals surface area contributed by atoms with Gasteiger partial charge in [-0.15, -0.1) is 0 Å². The second kappa shape index (κ2) is 5.74. The van der Waals surface area contributed by atoms with Crippen molar-refractivity contribution in [1.29, 1.82) is 0 Å². The molecule has 0 bridgehead atoms. The number of esters is 1. The molecule has 1 saturated heterocycles. The van der Waals surface area contributed by atoms with Crippen molar-refractivity contribution in [3.63, 3.8) is 0 Å². The Morgan fingerprint density at radius 2 is 1.74 bits per heavy atom. The number of ether oxygens (including phenoxy) is 2. The Bertz CT molecular complexity index is 646. The Hall–Kier alpha value is -0.570. The van der Waals surface area contributed by atoms with Crippen molar-refractivity contribution in [3.05, 3.63) is 0 Å². The molecule has 0 aromatic carbocycles. The van der Waals surface area contributed by atoms with Crippen LogP contribution in [0.4, 0.5) is 0 Å². The van der Waals surface area contributed by atoms with Crippen LogP contribution >= 0.6 is 0 Å². The van der Waals surface area contributed by atoms with Crippen LogP contribution in [0.5, 0.6) is 0 Å². The highest BCUT2D eigenvalue weighted by atomic mass is 16.6. The molecule has 0 radical (unpaired) electrons. The number of fused-ring (bicyclic) bond motifs is 5. The molecular weight excluding hydrogens is 336 g/mol. The summed E-state index contributed by atoms with van der Waals surface area (Å²) in [7, 11) is 0. The molecule has 3 nitrogen and oxygen atoms in total. The van der Waals surface area contributed by atoms with Gasteiger partial charge in [0.25, 0.3) is 0 Å². The van der Waals surface area contributed by atoms with Crippen molar-refractivity contribution in [2.45, 2.75) is 103 Å². The van der Waals surface area contributed by atoms with E-state index in [1.807, 2.05) is 0 Å². The van der Waals surface area contributed by atoms with Gasteiger partial charge in [-0.25, -0.2) is 0 Å². The van der Waals surface area contributed by atoms with Gasteiger partial charge in [-0.2, -0.15) is 0 Å². The molecule has 5 aliphatic carbocycles. The Balaban J connectivity index is 1.26. The van der Waals surface area contributed by atoms with Crippen molar-refractivity contribution < 1.29 is 14.3 Å². The molecule has 0 N–H and O–H groups in total. The minimum absolute atomic E-state index is 0.0924. The third-order valence-electron chi connectivity index (χ3n) is 10.6. The molecule has 27 heavy (non-hydrogen) atoms. The number of carbonyl (C=O) groups excluding carboxylic acids is 1. The Morgan fingerprint density at radius 3 is 2.59 bits per heavy atom. The number of hydrogen-bond donors (Lipinski definition) is 0. The summed E-state index contributed by atoms with van der Waals surface area (Å²) in [4.78, 5) is 11.4. The van der Waals surface area contributed by atoms with Crippen molar-refractivity contribution >= 4 is 5.97 Å². The molecule has 1 spiro atoms. The molecule has 6 rings (SSSR count). The van der Waals surface area contributed by atoms with E-state index < -0.39 is 0 Å². The largest absolute Gasteiger partial charge is 0.463 e. The summed E-state index contributed by atoms with van der Waals surface area (Å²) in [5.41, 5.74) is 1.06. The van der Waals surface area contributed by atoms with Crippen molar-refractivity contribution in [2.75, 3.05) is 0 Å². The number of hydrogen-bond acceptors (Lipinski definition) is 3. The number of rotatable bonds is 1. The molecule has 6 aliphatic rings. The summed E-state index contributed by atoms with van der Waals surface area (Å²) in [6.07, 6.45) is 16.3. The molecule has 3 heteroatoms. The van der Waals surface area contributed by atoms with E-state index in [0.29, 0.717) is 23.0 Å². The molecular formula is C24H36O3. The maximum absolute atomic E-state index is 11.4. The average Bonchev–Trinajstić information content (AvgIpc) is 3.34. The normalized spacial score (nSPS) is 58.1. The Kier molecular flexibility index (Phi) is 3.68. The Labute approximate surface area is 163 Å². The van der Waals surface area contributed by atoms with Crippen LogP contribution in [-0.2, 0) is 14.3 Å². The molecule has 0 amide bonds. The molecule has 1 heterocycles. The fourth-order valence-electron chi connectivity index (χ4n) is 9.60. The van der Waals surface area contributed by atoms with Crippen molar-refractivity contribution in [2.24, 2.45) is 40.4 Å². The molecule has 10 atom stereocenters. The molecule has 5 saturated carbocycles. The van der Waals surface area contributed by atoms with E-state index >= 15 is 0 Å². The van der Waals surface area contributed by atoms with Crippen LogP contribution in [0, 0.1) is 40.4 Å². The van der Waals surface area contributed by atoms with Crippen LogP contribution in [0.15, 0.2) is 0 Å². The monoisotopic (exact) mass is 372 g/mol. The predicted molar refractivity (Wildman–Crippen MR) is 103 cm³/mol. The third-order valence-corrected chi connectivity index (χ3v) is 10.6. The summed E-state index contributed by atoms with van der Waals surface area (Å²) < 4.78 is 11.9. The molecule has 0 unspecified atom stereocenters. The molecule has 0 aromatic rings. The van der Waals surface area contributed by atoms with Crippen LogP contribution in [0.1, 0.15) is 84.5 Å². The van der Waals surface area contributed by atoms with Crippen molar-refractivity contribution in [3.8, 4) is 0 Å². The standard InChI is InChI=1S/C24H36O3/c1-14(25)26-17-9-11-23(2)16(13-17)3-6-18-19(23)10-12-24-15(4-7-20(18)24)5-8-21-22(24)27-21/h15-22H,3-13H2,1-2H3/t15-,16-,17-,18-,19+,20+,21-,22+,23+,24+/m1/s1. The van der Waals surface area contributed by atoms with Gasteiger partial charge < -0.3 is 9.47 Å². The summed E-state index contributed by atoms with van der Waals surface area (Å²) in [5, 5.41) is 0. The van der Waals surface area contributed by atoms with E-state index in [1.54, 1.807) is 6.92 Å². The fraction of sp³-hybridized carbons (Fsp3) is 0.958. The maximum Gasteiger partial charge on any atom is 0.302 e. The SMILES string of the molecule is CC(=O)O[C@@H]1CC[C@@]2(C)[C@H](CC[C@@H]3[C@@H]2CC[C@@]24[C@@H](CC[C@H]5O[C@@H]52)CC[C@@H]34)C1. The van der Waals surface area contributed by atoms with Gasteiger partial charge in [0, 0.05) is 12.3 Å². The first kappa shape index (κ1) is 17.3. The lowest BCUT2D eigenvalue weighted by molar-refractivity contribution is -0.162. The van der Waals surface area contributed by atoms with E-state index in [0.717, 1.165) is 42.4 Å². The maximum atomic E-state index is 11.4. The minimum Gasteiger partial charge on any atom is -0.463 e. The van der Waals surface area contributed by atoms with Crippen LogP contribution in [0.2, 0.25) is 0 Å². The summed E-state index contributed by atoms with van der Waals surface area (Å²) in [6.45, 7) is 4.18. The lowest BCUT2D eigenvalue weighted by Crippen LogP contribution is -2.56. The van der Waals surface area contributed by atoms with Gasteiger partial charge in [0.05, 0.1) is 12.2 Å². The zero-order chi connectivity index (χ0) is 18.4. The van der Waals surface area contributed by atoms with Crippen molar-refractivity contribution in [1.82, 2.24) is 0 Å². The smallest absolute Gasteiger partial charge is 0.302 e. The highest BCUT2D eigenvalue weighted by molar-refractivity contribution is 5.66. The van der Waals surface area contributed by atoms with Crippen LogP contribution in [-0.4, -0.2) is 24.3 Å². The van der Waals surface area contributed by atoms with E-state index in [4.69, 9.17) is 9.47 Å². The van der Waals surface area contributed by atoms with Gasteiger partial charge in [0.2, 0.25) is 0 Å². The zero-order valence-electron chi connectivity index (χ0n) is 17.1. The summed E-state index contributed by atoms with van der Waals surface area (Å²) in [5.74, 6) is 4.43. The lowest BCUT2D eigenvalue weighted by atomic mass is 9.43. The lowest BCUT2D eigenvalue weighted by Gasteiger charge is -2.61. The van der Waals surface area contributed by atoms with Crippen LogP contribution < -0.4 is 0 Å². The summed E-state index contributed by atoms with van der Waals surface area (Å²) in [6, 6.07) is 0. The molecule has 6 fully saturated rings. The fourth-order valence-corrected chi connectivity index (χ4v) is 9.60. The van der Waals surface area contributed by atoms with Crippen LogP contribution in [0.3, 0.4) is 0 Å². The molecule has 0 aromatic heterocycles. The van der Waals surface area contributed by atoms with E-state index in [-0.39, 0.29) is 12.1 Å². The third kappa shape index (κ3) is 2.27. The number of epoxide rings is 1. The molecule has 150 valence electrons. The highest BCUT2D eigenvalue weighted by Gasteiger charge is 2.70. The van der Waals surface area contributed by atoms with E-state index in [2.05, 4.69) is 6.92 Å². The first-order chi connectivity index (χ1) is 13.0. The van der Waals surface area contributed by atoms with E-state index in [1.165, 1.54) is 57.8 Å². The van der Waals surface area contributed by atoms with Gasteiger partial charge in [-0.1, -0.05) is 6.92 Å². The zero-order valence-corrected chi connectivity index (χ0v) is 17.1. The molecule has 1 aliphatic heterocycles. The van der Waals surface area contributed by atoms with Gasteiger partial charge in [0.1, 0.15) is 6.10 Å². The van der Waals surface area contributed by atoms with E-state index in [9.17, 15) is 4.79 Å². The first-order valence-corrected chi connectivity index (χ1v) is 11.8. The summed E-state index contributed by atoms with van der Waals surface area (Å²) >= 11 is 0. The van der Waals surface area contributed by atoms with Crippen LogP contribution in [0.25, 0.3) is 0 Å². The second-order valence-corrected chi connectivity index (χ2v) is 11.3. The second-order valence-electron chi connectivity index (χ2n) is 11.3. The minimum atomic E-state index is -0.0924. The average molecular weight is 373 g/mol. The topological polar surface area (TPSA) is 38.8 Å². The first-order valence-electron chi connectivity index (χ1n) is 11.8. The van der Waals surface area contributed by atoms with Gasteiger partial charge >= 0.3 is 5.97 Å². The van der Waals surface area contributed by atoms with Gasteiger partial charge in [-0.3, -0.25) is 4.79 Å². The quantitative estimate of drug-likeness (QED) is 0.474. The van der Waals surface area contributed by atoms with Gasteiger partial charge in [0.15, 0.2) is 0 Å². The highest BCUT2D eigenvalue weighted by Crippen LogP contribution is 2.72. The Morgan fingerprint density at radius 1 is 0.926 bits per heavy atom. The predicted octanol–water partition coefficient (Wildman–Crippen LogP) is 5.12. The van der Waals surface area contributed by atoms with Gasteiger partial charge in [-0.05, 0) is 106 Å². The number of carbonyl (C=O) groups is 1.